The monoisotopic (exact) mass is 380 g/mol. The van der Waals surface area contributed by atoms with Gasteiger partial charge in [-0.2, -0.15) is 0 Å². The van der Waals surface area contributed by atoms with Crippen molar-refractivity contribution in [3.8, 4) is 5.75 Å². The van der Waals surface area contributed by atoms with Crippen LogP contribution in [0, 0.1) is 19.8 Å². The van der Waals surface area contributed by atoms with E-state index in [0.717, 1.165) is 18.2 Å². The Labute approximate surface area is 168 Å². The summed E-state index contributed by atoms with van der Waals surface area (Å²) in [6.45, 7) is 10.7. The Morgan fingerprint density at radius 2 is 1.93 bits per heavy atom. The van der Waals surface area contributed by atoms with Crippen molar-refractivity contribution in [2.75, 3.05) is 26.2 Å². The molecule has 0 saturated carbocycles. The molecule has 2 aromatic rings. The number of piperidine rings is 1. The number of benzene rings is 2. The van der Waals surface area contributed by atoms with E-state index >= 15 is 0 Å². The largest absolute Gasteiger partial charge is 0.492 e. The summed E-state index contributed by atoms with van der Waals surface area (Å²) in [5, 5.41) is 2.93. The molecule has 1 aliphatic rings. The first-order chi connectivity index (χ1) is 13.5. The highest BCUT2D eigenvalue weighted by molar-refractivity contribution is 5.94. The average Bonchev–Trinajstić information content (AvgIpc) is 2.68. The molecular weight excluding hydrogens is 348 g/mol. The molecular formula is C24H32N2O2. The second-order valence-corrected chi connectivity index (χ2v) is 8.03. The predicted octanol–water partition coefficient (Wildman–Crippen LogP) is 4.34. The zero-order chi connectivity index (χ0) is 19.9. The highest BCUT2D eigenvalue weighted by Crippen LogP contribution is 2.18. The third-order valence-corrected chi connectivity index (χ3v) is 5.50. The molecule has 0 unspecified atom stereocenters. The predicted molar refractivity (Wildman–Crippen MR) is 114 cm³/mol. The number of likely N-dealkylation sites (tertiary alicyclic amines) is 1. The number of nitrogens with one attached hydrogen (secondary N) is 1. The standard InChI is InChI=1S/C24H32N2O2/c1-18-5-4-13-26(16-18)17-21-7-9-22(10-8-21)24(27)25-12-14-28-23-11-6-19(2)20(3)15-23/h6-11,15,18H,4-5,12-14,16-17H2,1-3H3,(H,25,27)/t18-/m1/s1. The third-order valence-electron chi connectivity index (χ3n) is 5.50. The van der Waals surface area contributed by atoms with Crippen molar-refractivity contribution in [2.24, 2.45) is 5.92 Å². The van der Waals surface area contributed by atoms with Crippen molar-refractivity contribution in [3.05, 3.63) is 64.7 Å². The molecule has 1 atom stereocenters. The normalized spacial score (nSPS) is 17.3. The van der Waals surface area contributed by atoms with Gasteiger partial charge in [-0.3, -0.25) is 9.69 Å². The van der Waals surface area contributed by atoms with Crippen molar-refractivity contribution in [1.29, 1.82) is 0 Å². The molecule has 1 aliphatic heterocycles. The lowest BCUT2D eigenvalue weighted by atomic mass is 9.99. The number of nitrogens with zero attached hydrogens (tertiary/aromatic N) is 1. The minimum absolute atomic E-state index is 0.0539. The smallest absolute Gasteiger partial charge is 0.251 e. The first-order valence-corrected chi connectivity index (χ1v) is 10.3. The Morgan fingerprint density at radius 1 is 1.14 bits per heavy atom. The molecule has 1 heterocycles. The van der Waals surface area contributed by atoms with E-state index in [1.165, 1.54) is 42.6 Å². The van der Waals surface area contributed by atoms with Crippen molar-refractivity contribution >= 4 is 5.91 Å². The number of aryl methyl sites for hydroxylation is 2. The van der Waals surface area contributed by atoms with Crippen LogP contribution >= 0.6 is 0 Å². The highest BCUT2D eigenvalue weighted by Gasteiger charge is 2.16. The third kappa shape index (κ3) is 5.83. The molecule has 0 aliphatic carbocycles. The summed E-state index contributed by atoms with van der Waals surface area (Å²) in [4.78, 5) is 14.8. The van der Waals surface area contributed by atoms with Crippen LogP contribution in [-0.2, 0) is 6.54 Å². The fourth-order valence-electron chi connectivity index (χ4n) is 3.69. The van der Waals surface area contributed by atoms with Crippen LogP contribution in [0.25, 0.3) is 0 Å². The van der Waals surface area contributed by atoms with Crippen LogP contribution in [0.5, 0.6) is 5.75 Å². The lowest BCUT2D eigenvalue weighted by molar-refractivity contribution is 0.0947. The van der Waals surface area contributed by atoms with Gasteiger partial charge in [-0.05, 0) is 80.1 Å². The van der Waals surface area contributed by atoms with Gasteiger partial charge in [0.15, 0.2) is 0 Å². The quantitative estimate of drug-likeness (QED) is 0.727. The Balaban J connectivity index is 1.42. The van der Waals surface area contributed by atoms with Gasteiger partial charge in [0.1, 0.15) is 12.4 Å². The molecule has 1 saturated heterocycles. The summed E-state index contributed by atoms with van der Waals surface area (Å²) in [6, 6.07) is 14.0. The van der Waals surface area contributed by atoms with Crippen molar-refractivity contribution in [3.63, 3.8) is 0 Å². The number of carbonyl (C=O) groups excluding carboxylic acids is 1. The highest BCUT2D eigenvalue weighted by atomic mass is 16.5. The molecule has 3 rings (SSSR count). The molecule has 1 N–H and O–H groups in total. The summed E-state index contributed by atoms with van der Waals surface area (Å²) < 4.78 is 5.72. The second kappa shape index (κ2) is 9.74. The molecule has 0 radical (unpaired) electrons. The number of hydrogen-bond acceptors (Lipinski definition) is 3. The number of ether oxygens (including phenoxy) is 1. The molecule has 150 valence electrons. The van der Waals surface area contributed by atoms with E-state index in [-0.39, 0.29) is 5.91 Å². The van der Waals surface area contributed by atoms with E-state index in [0.29, 0.717) is 18.7 Å². The molecule has 4 heteroatoms. The van der Waals surface area contributed by atoms with Crippen LogP contribution in [-0.4, -0.2) is 37.0 Å². The average molecular weight is 381 g/mol. The van der Waals surface area contributed by atoms with Gasteiger partial charge in [0, 0.05) is 18.7 Å². The van der Waals surface area contributed by atoms with E-state index in [1.54, 1.807) is 0 Å². The first kappa shape index (κ1) is 20.4. The van der Waals surface area contributed by atoms with Gasteiger partial charge in [0.25, 0.3) is 5.91 Å². The maximum absolute atomic E-state index is 12.3. The van der Waals surface area contributed by atoms with E-state index in [2.05, 4.69) is 49.2 Å². The fraction of sp³-hybridized carbons (Fsp3) is 0.458. The van der Waals surface area contributed by atoms with Crippen LogP contribution in [0.15, 0.2) is 42.5 Å². The minimum Gasteiger partial charge on any atom is -0.492 e. The molecule has 2 aromatic carbocycles. The minimum atomic E-state index is -0.0539. The van der Waals surface area contributed by atoms with E-state index in [9.17, 15) is 4.79 Å². The maximum atomic E-state index is 12.3. The number of amides is 1. The van der Waals surface area contributed by atoms with Gasteiger partial charge in [-0.25, -0.2) is 0 Å². The Bertz CT molecular complexity index is 786. The zero-order valence-corrected chi connectivity index (χ0v) is 17.3. The van der Waals surface area contributed by atoms with Crippen molar-refractivity contribution in [1.82, 2.24) is 10.2 Å². The summed E-state index contributed by atoms with van der Waals surface area (Å²) in [6.07, 6.45) is 2.62. The van der Waals surface area contributed by atoms with E-state index in [1.807, 2.05) is 24.3 Å². The molecule has 1 fully saturated rings. The molecule has 1 amide bonds. The van der Waals surface area contributed by atoms with Crippen LogP contribution in [0.2, 0.25) is 0 Å². The summed E-state index contributed by atoms with van der Waals surface area (Å²) >= 11 is 0. The van der Waals surface area contributed by atoms with Crippen LogP contribution < -0.4 is 10.1 Å². The van der Waals surface area contributed by atoms with Gasteiger partial charge in [-0.15, -0.1) is 0 Å². The van der Waals surface area contributed by atoms with Gasteiger partial charge >= 0.3 is 0 Å². The Kier molecular flexibility index (Phi) is 7.10. The number of hydrogen-bond donors (Lipinski definition) is 1. The second-order valence-electron chi connectivity index (χ2n) is 8.03. The molecule has 0 spiro atoms. The number of rotatable bonds is 7. The van der Waals surface area contributed by atoms with Crippen molar-refractivity contribution in [2.45, 2.75) is 40.2 Å². The topological polar surface area (TPSA) is 41.6 Å². The summed E-state index contributed by atoms with van der Waals surface area (Å²) in [5.41, 5.74) is 4.42. The molecule has 0 bridgehead atoms. The van der Waals surface area contributed by atoms with Gasteiger partial charge < -0.3 is 10.1 Å². The lowest BCUT2D eigenvalue weighted by Gasteiger charge is -2.30. The van der Waals surface area contributed by atoms with Gasteiger partial charge in [0.05, 0.1) is 6.54 Å². The van der Waals surface area contributed by atoms with Crippen LogP contribution in [0.1, 0.15) is 46.8 Å². The Morgan fingerprint density at radius 3 is 2.64 bits per heavy atom. The number of carbonyl (C=O) groups is 1. The fourth-order valence-corrected chi connectivity index (χ4v) is 3.69. The molecule has 0 aromatic heterocycles. The molecule has 4 nitrogen and oxygen atoms in total. The van der Waals surface area contributed by atoms with Crippen molar-refractivity contribution < 1.29 is 9.53 Å². The van der Waals surface area contributed by atoms with E-state index in [4.69, 9.17) is 4.74 Å². The van der Waals surface area contributed by atoms with Crippen LogP contribution in [0.3, 0.4) is 0 Å². The first-order valence-electron chi connectivity index (χ1n) is 10.3. The zero-order valence-electron chi connectivity index (χ0n) is 17.3. The molecule has 28 heavy (non-hydrogen) atoms. The maximum Gasteiger partial charge on any atom is 0.251 e. The summed E-state index contributed by atoms with van der Waals surface area (Å²) in [5.74, 6) is 1.57. The van der Waals surface area contributed by atoms with Crippen LogP contribution in [0.4, 0.5) is 0 Å². The lowest BCUT2D eigenvalue weighted by Crippen LogP contribution is -2.33. The SMILES string of the molecule is Cc1ccc(OCCNC(=O)c2ccc(CN3CCC[C@@H](C)C3)cc2)cc1C. The van der Waals surface area contributed by atoms with Gasteiger partial charge in [-0.1, -0.05) is 25.1 Å². The van der Waals surface area contributed by atoms with E-state index < -0.39 is 0 Å². The summed E-state index contributed by atoms with van der Waals surface area (Å²) in [7, 11) is 0. The Hall–Kier alpha value is -2.33. The van der Waals surface area contributed by atoms with Gasteiger partial charge in [0.2, 0.25) is 0 Å².